The van der Waals surface area contributed by atoms with Crippen molar-refractivity contribution in [2.75, 3.05) is 50.7 Å². The molecule has 1 aromatic rings. The number of piperazine rings is 1. The maximum Gasteiger partial charge on any atom is 0.317 e. The van der Waals surface area contributed by atoms with Crippen molar-refractivity contribution in [2.45, 2.75) is 45.1 Å². The molecule has 2 saturated heterocycles. The monoisotopic (exact) mass is 426 g/mol. The van der Waals surface area contributed by atoms with E-state index in [4.69, 9.17) is 23.2 Å². The lowest BCUT2D eigenvalue weighted by Gasteiger charge is -2.36. The van der Waals surface area contributed by atoms with Crippen LogP contribution in [0.1, 0.15) is 39.0 Å². The highest BCUT2D eigenvalue weighted by Crippen LogP contribution is 2.32. The fourth-order valence-corrected chi connectivity index (χ4v) is 4.68. The quantitative estimate of drug-likeness (QED) is 0.773. The molecule has 7 heteroatoms. The summed E-state index contributed by atoms with van der Waals surface area (Å²) in [6, 6.07) is 6.52. The summed E-state index contributed by atoms with van der Waals surface area (Å²) in [5, 5.41) is 4.17. The minimum absolute atomic E-state index is 0.155. The first-order chi connectivity index (χ1) is 13.6. The van der Waals surface area contributed by atoms with Gasteiger partial charge < -0.3 is 20.0 Å². The summed E-state index contributed by atoms with van der Waals surface area (Å²) in [6.07, 6.45) is 6.38. The molecule has 0 atom stereocenters. The first-order valence-corrected chi connectivity index (χ1v) is 11.3. The van der Waals surface area contributed by atoms with Gasteiger partial charge in [0.1, 0.15) is 0 Å². The number of benzene rings is 1. The summed E-state index contributed by atoms with van der Waals surface area (Å²) in [6.45, 7) is 9.32. The molecule has 2 amide bonds. The third kappa shape index (κ3) is 5.46. The largest absolute Gasteiger partial charge is 0.368 e. The van der Waals surface area contributed by atoms with Crippen LogP contribution in [0.3, 0.4) is 0 Å². The van der Waals surface area contributed by atoms with Crippen molar-refractivity contribution in [2.24, 2.45) is 0 Å². The van der Waals surface area contributed by atoms with E-state index in [-0.39, 0.29) is 6.03 Å². The second-order valence-corrected chi connectivity index (χ2v) is 8.50. The van der Waals surface area contributed by atoms with Crippen molar-refractivity contribution in [3.05, 3.63) is 28.2 Å². The van der Waals surface area contributed by atoms with Gasteiger partial charge in [-0.3, -0.25) is 0 Å². The zero-order valence-electron chi connectivity index (χ0n) is 16.8. The molecule has 3 aliphatic rings. The van der Waals surface area contributed by atoms with Crippen LogP contribution >= 0.6 is 23.2 Å². The van der Waals surface area contributed by atoms with Gasteiger partial charge in [0.05, 0.1) is 15.7 Å². The Morgan fingerprint density at radius 3 is 2.36 bits per heavy atom. The molecule has 156 valence electrons. The summed E-state index contributed by atoms with van der Waals surface area (Å²) in [7, 11) is 0. The number of rotatable bonds is 3. The topological polar surface area (TPSA) is 38.8 Å². The molecule has 2 aliphatic heterocycles. The number of halogens is 2. The Kier molecular flexibility index (Phi) is 8.12. The molecule has 3 fully saturated rings. The molecule has 1 aliphatic carbocycles. The first-order valence-electron chi connectivity index (χ1n) is 10.6. The van der Waals surface area contributed by atoms with Crippen LogP contribution < -0.4 is 10.2 Å². The molecule has 0 radical (unpaired) electrons. The SMILES string of the molecule is CCN1CCN(c2cccc(Cl)c2Cl)CC1.O=C1NCCN1C1CCCCC1. The zero-order valence-corrected chi connectivity index (χ0v) is 18.3. The average Bonchev–Trinajstić information content (AvgIpc) is 3.17. The molecule has 0 aromatic heterocycles. The molecule has 4 rings (SSSR count). The Morgan fingerprint density at radius 2 is 1.75 bits per heavy atom. The van der Waals surface area contributed by atoms with Gasteiger partial charge >= 0.3 is 6.03 Å². The fourth-order valence-electron chi connectivity index (χ4n) is 4.27. The molecule has 0 unspecified atom stereocenters. The molecular weight excluding hydrogens is 395 g/mol. The number of nitrogens with zero attached hydrogens (tertiary/aromatic N) is 3. The van der Waals surface area contributed by atoms with Gasteiger partial charge in [0, 0.05) is 45.3 Å². The predicted molar refractivity (Wildman–Crippen MR) is 118 cm³/mol. The van der Waals surface area contributed by atoms with Gasteiger partial charge in [-0.1, -0.05) is 55.5 Å². The Hall–Kier alpha value is -1.17. The molecule has 1 N–H and O–H groups in total. The Balaban J connectivity index is 0.000000167. The van der Waals surface area contributed by atoms with E-state index in [0.29, 0.717) is 16.1 Å². The molecular formula is C21H32Cl2N4O. The van der Waals surface area contributed by atoms with E-state index < -0.39 is 0 Å². The second kappa shape index (κ2) is 10.6. The fraction of sp³-hybridized carbons (Fsp3) is 0.667. The molecule has 2 heterocycles. The maximum atomic E-state index is 11.3. The second-order valence-electron chi connectivity index (χ2n) is 7.71. The normalized spacial score (nSPS) is 21.3. The van der Waals surface area contributed by atoms with E-state index in [1.54, 1.807) is 0 Å². The van der Waals surface area contributed by atoms with Crippen LogP contribution in [0.5, 0.6) is 0 Å². The number of carbonyl (C=O) groups is 1. The van der Waals surface area contributed by atoms with E-state index >= 15 is 0 Å². The standard InChI is InChI=1S/C12H16Cl2N2.C9H16N2O/c1-2-15-6-8-16(9-7-15)11-5-3-4-10(13)12(11)14;12-9-10-6-7-11(9)8-4-2-1-3-5-8/h3-5H,2,6-9H2,1H3;8H,1-7H2,(H,10,12). The lowest BCUT2D eigenvalue weighted by molar-refractivity contribution is 0.179. The van der Waals surface area contributed by atoms with Crippen molar-refractivity contribution >= 4 is 34.9 Å². The van der Waals surface area contributed by atoms with Crippen molar-refractivity contribution in [3.63, 3.8) is 0 Å². The summed E-state index contributed by atoms with van der Waals surface area (Å²) < 4.78 is 0. The Morgan fingerprint density at radius 1 is 1.04 bits per heavy atom. The summed E-state index contributed by atoms with van der Waals surface area (Å²) in [5.41, 5.74) is 1.06. The van der Waals surface area contributed by atoms with Gasteiger partial charge in [-0.25, -0.2) is 4.79 Å². The maximum absolute atomic E-state index is 11.3. The number of urea groups is 1. The number of hydrogen-bond acceptors (Lipinski definition) is 3. The van der Waals surface area contributed by atoms with Crippen LogP contribution in [-0.2, 0) is 0 Å². The minimum atomic E-state index is 0.155. The number of likely N-dealkylation sites (N-methyl/N-ethyl adjacent to an activating group) is 1. The third-order valence-corrected chi connectivity index (χ3v) is 6.81. The summed E-state index contributed by atoms with van der Waals surface area (Å²) in [4.78, 5) is 18.0. The van der Waals surface area contributed by atoms with Gasteiger partial charge in [0.25, 0.3) is 0 Å². The van der Waals surface area contributed by atoms with Crippen LogP contribution in [-0.4, -0.2) is 67.7 Å². The number of anilines is 1. The van der Waals surface area contributed by atoms with Crippen molar-refractivity contribution in [3.8, 4) is 0 Å². The molecule has 1 aromatic carbocycles. The highest BCUT2D eigenvalue weighted by atomic mass is 35.5. The molecule has 1 saturated carbocycles. The van der Waals surface area contributed by atoms with E-state index in [2.05, 4.69) is 22.0 Å². The van der Waals surface area contributed by atoms with E-state index in [0.717, 1.165) is 51.5 Å². The Bertz CT molecular complexity index is 643. The lowest BCUT2D eigenvalue weighted by atomic mass is 9.94. The van der Waals surface area contributed by atoms with Gasteiger partial charge in [-0.15, -0.1) is 0 Å². The zero-order chi connectivity index (χ0) is 19.9. The van der Waals surface area contributed by atoms with Crippen molar-refractivity contribution < 1.29 is 4.79 Å². The van der Waals surface area contributed by atoms with E-state index in [9.17, 15) is 4.79 Å². The molecule has 28 heavy (non-hydrogen) atoms. The summed E-state index contributed by atoms with van der Waals surface area (Å²) >= 11 is 12.2. The highest BCUT2D eigenvalue weighted by Gasteiger charge is 2.28. The number of amides is 2. The van der Waals surface area contributed by atoms with Crippen LogP contribution in [0.2, 0.25) is 10.0 Å². The molecule has 5 nitrogen and oxygen atoms in total. The lowest BCUT2D eigenvalue weighted by Crippen LogP contribution is -2.46. The van der Waals surface area contributed by atoms with Gasteiger partial charge in [-0.05, 0) is 31.5 Å². The smallest absolute Gasteiger partial charge is 0.317 e. The van der Waals surface area contributed by atoms with Crippen molar-refractivity contribution in [1.29, 1.82) is 0 Å². The Labute approximate surface area is 178 Å². The van der Waals surface area contributed by atoms with Gasteiger partial charge in [0.15, 0.2) is 0 Å². The molecule has 0 bridgehead atoms. The van der Waals surface area contributed by atoms with E-state index in [1.165, 1.54) is 32.1 Å². The van der Waals surface area contributed by atoms with Crippen LogP contribution in [0.25, 0.3) is 0 Å². The van der Waals surface area contributed by atoms with Gasteiger partial charge in [0.2, 0.25) is 0 Å². The van der Waals surface area contributed by atoms with Crippen LogP contribution in [0.4, 0.5) is 10.5 Å². The highest BCUT2D eigenvalue weighted by molar-refractivity contribution is 6.43. The number of hydrogen-bond donors (Lipinski definition) is 1. The average molecular weight is 427 g/mol. The third-order valence-electron chi connectivity index (χ3n) is 6.00. The first kappa shape index (κ1) is 21.5. The van der Waals surface area contributed by atoms with Crippen LogP contribution in [0.15, 0.2) is 18.2 Å². The predicted octanol–water partition coefficient (Wildman–Crippen LogP) is 4.48. The summed E-state index contributed by atoms with van der Waals surface area (Å²) in [5.74, 6) is 0. The van der Waals surface area contributed by atoms with Crippen molar-refractivity contribution in [1.82, 2.24) is 15.1 Å². The van der Waals surface area contributed by atoms with Gasteiger partial charge in [-0.2, -0.15) is 0 Å². The van der Waals surface area contributed by atoms with E-state index in [1.807, 2.05) is 23.1 Å². The number of carbonyl (C=O) groups excluding carboxylic acids is 1. The van der Waals surface area contributed by atoms with Crippen LogP contribution in [0, 0.1) is 0 Å². The number of nitrogens with one attached hydrogen (secondary N) is 1. The molecule has 0 spiro atoms. The minimum Gasteiger partial charge on any atom is -0.368 e.